The molecule has 0 aliphatic heterocycles. The summed E-state index contributed by atoms with van der Waals surface area (Å²) in [6, 6.07) is 4.80. The molecule has 0 aliphatic rings. The van der Waals surface area contributed by atoms with Gasteiger partial charge in [-0.15, -0.1) is 0 Å². The monoisotopic (exact) mass is 302 g/mol. The van der Waals surface area contributed by atoms with Crippen LogP contribution in [0.2, 0.25) is 0 Å². The van der Waals surface area contributed by atoms with Crippen LogP contribution < -0.4 is 4.74 Å². The highest BCUT2D eigenvalue weighted by molar-refractivity contribution is 5.80. The van der Waals surface area contributed by atoms with Gasteiger partial charge in [-0.3, -0.25) is 0 Å². The number of nitrogens with one attached hydrogen (secondary N) is 1. The molecule has 6 heteroatoms. The Bertz CT molecular complexity index is 842. The normalized spacial score (nSPS) is 12.1. The fourth-order valence-electron chi connectivity index (χ4n) is 2.49. The van der Waals surface area contributed by atoms with Gasteiger partial charge < -0.3 is 9.72 Å². The second kappa shape index (κ2) is 4.83. The van der Waals surface area contributed by atoms with E-state index in [9.17, 15) is 4.39 Å². The van der Waals surface area contributed by atoms with E-state index in [1.54, 1.807) is 16.8 Å². The molecule has 0 bridgehead atoms. The highest BCUT2D eigenvalue weighted by Crippen LogP contribution is 2.30. The van der Waals surface area contributed by atoms with E-state index in [4.69, 9.17) is 4.74 Å². The Morgan fingerprint density at radius 1 is 1.27 bits per heavy atom. The van der Waals surface area contributed by atoms with E-state index in [2.05, 4.69) is 35.8 Å². The van der Waals surface area contributed by atoms with Crippen LogP contribution in [0.1, 0.15) is 26.5 Å². The van der Waals surface area contributed by atoms with Crippen molar-refractivity contribution in [1.29, 1.82) is 0 Å². The lowest BCUT2D eigenvalue weighted by Gasteiger charge is -2.14. The molecule has 0 atom stereocenters. The van der Waals surface area contributed by atoms with E-state index in [0.29, 0.717) is 11.4 Å². The number of fused-ring (bicyclic) bond motifs is 1. The summed E-state index contributed by atoms with van der Waals surface area (Å²) in [5, 5.41) is 4.53. The summed E-state index contributed by atoms with van der Waals surface area (Å²) in [6.07, 6.45) is 0. The van der Waals surface area contributed by atoms with Crippen LogP contribution in [0, 0.1) is 5.82 Å². The van der Waals surface area contributed by atoms with Crippen molar-refractivity contribution in [3.05, 3.63) is 29.7 Å². The number of imidazole rings is 1. The smallest absolute Gasteiger partial charge is 0.176 e. The minimum absolute atomic E-state index is 0.103. The number of methoxy groups -OCH3 is 1. The van der Waals surface area contributed by atoms with Crippen LogP contribution in [-0.2, 0) is 12.5 Å². The van der Waals surface area contributed by atoms with Gasteiger partial charge in [0.15, 0.2) is 17.2 Å². The van der Waals surface area contributed by atoms with E-state index < -0.39 is 5.82 Å². The lowest BCUT2D eigenvalue weighted by Crippen LogP contribution is -2.13. The van der Waals surface area contributed by atoms with Gasteiger partial charge in [-0.05, 0) is 18.2 Å². The van der Waals surface area contributed by atoms with E-state index >= 15 is 0 Å². The highest BCUT2D eigenvalue weighted by Gasteiger charge is 2.24. The van der Waals surface area contributed by atoms with Crippen molar-refractivity contribution in [3.8, 4) is 17.1 Å². The molecule has 2 heterocycles. The number of rotatable bonds is 2. The molecule has 116 valence electrons. The van der Waals surface area contributed by atoms with Crippen molar-refractivity contribution in [3.63, 3.8) is 0 Å². The van der Waals surface area contributed by atoms with Gasteiger partial charge >= 0.3 is 0 Å². The molecule has 22 heavy (non-hydrogen) atoms. The number of aromatic amines is 1. The zero-order valence-corrected chi connectivity index (χ0v) is 13.4. The maximum atomic E-state index is 13.9. The van der Waals surface area contributed by atoms with Crippen LogP contribution in [0.5, 0.6) is 5.75 Å². The van der Waals surface area contributed by atoms with Gasteiger partial charge in [0.25, 0.3) is 0 Å². The maximum absolute atomic E-state index is 13.9. The Balaban J connectivity index is 2.15. The maximum Gasteiger partial charge on any atom is 0.176 e. The molecule has 5 nitrogen and oxygen atoms in total. The Kier molecular flexibility index (Phi) is 3.20. The minimum Gasteiger partial charge on any atom is -0.494 e. The van der Waals surface area contributed by atoms with Crippen LogP contribution in [0.3, 0.4) is 0 Å². The van der Waals surface area contributed by atoms with Crippen molar-refractivity contribution in [2.75, 3.05) is 7.11 Å². The molecular weight excluding hydrogens is 283 g/mol. The van der Waals surface area contributed by atoms with Crippen LogP contribution in [-0.4, -0.2) is 26.9 Å². The molecule has 0 spiro atoms. The number of H-pyrrole nitrogens is 1. The third kappa shape index (κ3) is 2.24. The number of aryl methyl sites for hydroxylation is 1. The Morgan fingerprint density at radius 3 is 2.59 bits per heavy atom. The van der Waals surface area contributed by atoms with Gasteiger partial charge in [0.2, 0.25) is 0 Å². The molecule has 1 aromatic carbocycles. The molecule has 0 saturated heterocycles. The first-order chi connectivity index (χ1) is 10.3. The molecule has 0 aliphatic carbocycles. The summed E-state index contributed by atoms with van der Waals surface area (Å²) in [7, 11) is 3.30. The third-order valence-corrected chi connectivity index (χ3v) is 3.61. The van der Waals surface area contributed by atoms with E-state index in [-0.39, 0.29) is 11.2 Å². The standard InChI is InChI=1S/C16H19FN4O/c1-16(2,3)13-12-15(21(4)20-13)19-14(18-12)9-6-7-11(22-5)10(17)8-9/h6-8H,1-5H3,(H,18,19). The minimum atomic E-state index is -0.408. The van der Waals surface area contributed by atoms with Gasteiger partial charge in [-0.1, -0.05) is 20.8 Å². The average Bonchev–Trinajstić information content (AvgIpc) is 2.99. The predicted molar refractivity (Wildman–Crippen MR) is 83.5 cm³/mol. The first kappa shape index (κ1) is 14.6. The number of ether oxygens (including phenoxy) is 1. The fourth-order valence-corrected chi connectivity index (χ4v) is 2.49. The molecule has 3 aromatic rings. The largest absolute Gasteiger partial charge is 0.494 e. The second-order valence-corrected chi connectivity index (χ2v) is 6.36. The average molecular weight is 302 g/mol. The molecule has 0 radical (unpaired) electrons. The summed E-state index contributed by atoms with van der Waals surface area (Å²) in [5.74, 6) is 0.432. The van der Waals surface area contributed by atoms with Gasteiger partial charge in [0.1, 0.15) is 11.3 Å². The molecule has 0 unspecified atom stereocenters. The number of hydrogen-bond acceptors (Lipinski definition) is 3. The Labute approximate surface area is 128 Å². The van der Waals surface area contributed by atoms with Crippen molar-refractivity contribution in [2.24, 2.45) is 7.05 Å². The first-order valence-electron chi connectivity index (χ1n) is 7.08. The SMILES string of the molecule is COc1ccc(-c2nc3c([nH]2)c(C(C)(C)C)nn3C)cc1F. The van der Waals surface area contributed by atoms with Crippen LogP contribution in [0.4, 0.5) is 4.39 Å². The van der Waals surface area contributed by atoms with Gasteiger partial charge in [0, 0.05) is 18.0 Å². The first-order valence-corrected chi connectivity index (χ1v) is 7.08. The number of aromatic nitrogens is 4. The Hall–Kier alpha value is -2.37. The van der Waals surface area contributed by atoms with Gasteiger partial charge in [-0.25, -0.2) is 14.1 Å². The van der Waals surface area contributed by atoms with Crippen molar-refractivity contribution in [2.45, 2.75) is 26.2 Å². The zero-order chi connectivity index (χ0) is 16.1. The van der Waals surface area contributed by atoms with Crippen molar-refractivity contribution in [1.82, 2.24) is 19.7 Å². The molecule has 0 amide bonds. The lowest BCUT2D eigenvalue weighted by atomic mass is 9.92. The highest BCUT2D eigenvalue weighted by atomic mass is 19.1. The zero-order valence-electron chi connectivity index (χ0n) is 13.4. The van der Waals surface area contributed by atoms with Gasteiger partial charge in [0.05, 0.1) is 12.8 Å². The molecule has 3 rings (SSSR count). The summed E-state index contributed by atoms with van der Waals surface area (Å²) >= 11 is 0. The topological polar surface area (TPSA) is 55.7 Å². The number of hydrogen-bond donors (Lipinski definition) is 1. The third-order valence-electron chi connectivity index (χ3n) is 3.61. The van der Waals surface area contributed by atoms with E-state index in [0.717, 1.165) is 16.9 Å². The quantitative estimate of drug-likeness (QED) is 0.789. The van der Waals surface area contributed by atoms with Crippen LogP contribution in [0.15, 0.2) is 18.2 Å². The summed E-state index contributed by atoms with van der Waals surface area (Å²) in [4.78, 5) is 7.82. The van der Waals surface area contributed by atoms with Crippen molar-refractivity contribution >= 4 is 11.2 Å². The number of nitrogens with zero attached hydrogens (tertiary/aromatic N) is 3. The van der Waals surface area contributed by atoms with Crippen LogP contribution in [0.25, 0.3) is 22.6 Å². The molecule has 0 fully saturated rings. The van der Waals surface area contributed by atoms with E-state index in [1.165, 1.54) is 13.2 Å². The predicted octanol–water partition coefficient (Wildman–Crippen LogP) is 3.41. The Morgan fingerprint density at radius 2 is 2.00 bits per heavy atom. The molecule has 0 saturated carbocycles. The molecule has 2 aromatic heterocycles. The van der Waals surface area contributed by atoms with Crippen LogP contribution >= 0.6 is 0 Å². The summed E-state index contributed by atoms with van der Waals surface area (Å²) in [6.45, 7) is 6.30. The number of halogens is 1. The second-order valence-electron chi connectivity index (χ2n) is 6.36. The lowest BCUT2D eigenvalue weighted by molar-refractivity contribution is 0.386. The number of benzene rings is 1. The van der Waals surface area contributed by atoms with Crippen molar-refractivity contribution < 1.29 is 9.13 Å². The van der Waals surface area contributed by atoms with Gasteiger partial charge in [-0.2, -0.15) is 5.10 Å². The summed E-state index contributed by atoms with van der Waals surface area (Å²) < 4.78 is 20.6. The fraction of sp³-hybridized carbons (Fsp3) is 0.375. The summed E-state index contributed by atoms with van der Waals surface area (Å²) in [5.41, 5.74) is 3.17. The molecular formula is C16H19FN4O. The van der Waals surface area contributed by atoms with E-state index in [1.807, 2.05) is 7.05 Å². The molecule has 1 N–H and O–H groups in total.